The summed E-state index contributed by atoms with van der Waals surface area (Å²) in [4.78, 5) is 10.0. The largest absolute Gasteiger partial charge is 0.397 e. The summed E-state index contributed by atoms with van der Waals surface area (Å²) in [6, 6.07) is -1.26. The van der Waals surface area contributed by atoms with Crippen LogP contribution < -0.4 is 5.73 Å². The third-order valence-corrected chi connectivity index (χ3v) is 3.63. The predicted octanol–water partition coefficient (Wildman–Crippen LogP) is -7.17. The Labute approximate surface area is 159 Å². The van der Waals surface area contributed by atoms with E-state index in [9.17, 15) is 13.2 Å². The van der Waals surface area contributed by atoms with Crippen LogP contribution in [0.3, 0.4) is 0 Å². The molecule has 16 heteroatoms. The van der Waals surface area contributed by atoms with Crippen molar-refractivity contribution in [2.45, 2.75) is 48.8 Å². The van der Waals surface area contributed by atoms with E-state index in [0.717, 1.165) is 0 Å². The lowest BCUT2D eigenvalue weighted by Crippen LogP contribution is -2.49. The number of carbonyl (C=O) groups is 1. The first-order valence-electron chi connectivity index (χ1n) is 7.54. The van der Waals surface area contributed by atoms with Gasteiger partial charge in [0, 0.05) is 0 Å². The molecule has 28 heavy (non-hydrogen) atoms. The number of nitrogens with two attached hydrogens (primary N) is 1. The van der Waals surface area contributed by atoms with Gasteiger partial charge in [0.2, 0.25) is 0 Å². The van der Waals surface area contributed by atoms with Crippen molar-refractivity contribution in [3.8, 4) is 0 Å². The maximum Gasteiger partial charge on any atom is 0.397 e. The van der Waals surface area contributed by atoms with Gasteiger partial charge < -0.3 is 56.5 Å². The highest BCUT2D eigenvalue weighted by molar-refractivity contribution is 7.80. The van der Waals surface area contributed by atoms with E-state index in [1.54, 1.807) is 0 Å². The van der Waals surface area contributed by atoms with Crippen LogP contribution in [0.4, 0.5) is 0 Å². The molecule has 0 aromatic carbocycles. The molecular weight excluding hydrogens is 414 g/mol. The molecule has 0 saturated carbocycles. The van der Waals surface area contributed by atoms with Crippen LogP contribution in [0.2, 0.25) is 0 Å². The molecule has 12 N–H and O–H groups in total. The zero-order valence-electron chi connectivity index (χ0n) is 14.4. The summed E-state index contributed by atoms with van der Waals surface area (Å²) in [6.45, 7) is -2.57. The minimum Gasteiger partial charge on any atom is -0.394 e. The zero-order chi connectivity index (χ0) is 22.7. The molecule has 0 aromatic heterocycles. The minimum atomic E-state index is -4.77. The van der Waals surface area contributed by atoms with Crippen LogP contribution in [0.1, 0.15) is 0 Å². The number of hydrogen-bond acceptors (Lipinski definition) is 14. The third kappa shape index (κ3) is 11.9. The third-order valence-electron chi connectivity index (χ3n) is 3.20. The van der Waals surface area contributed by atoms with Crippen LogP contribution >= 0.6 is 0 Å². The molecule has 0 spiro atoms. The highest BCUT2D eigenvalue weighted by Gasteiger charge is 2.31. The molecule has 0 aliphatic rings. The summed E-state index contributed by atoms with van der Waals surface area (Å²) in [5, 5.41) is 79.8. The van der Waals surface area contributed by atoms with Crippen LogP contribution in [-0.4, -0.2) is 134 Å². The Kier molecular flexibility index (Phi) is 14.9. The Morgan fingerprint density at radius 1 is 0.786 bits per heavy atom. The van der Waals surface area contributed by atoms with Crippen molar-refractivity contribution in [1.82, 2.24) is 0 Å². The van der Waals surface area contributed by atoms with Crippen LogP contribution in [-0.2, 0) is 19.4 Å². The van der Waals surface area contributed by atoms with E-state index in [4.69, 9.17) is 56.2 Å². The molecule has 0 radical (unpaired) electrons. The molecular formula is C12H27NO14S. The number of carbonyl (C=O) groups excluding carboxylic acids is 1. The fourth-order valence-electron chi connectivity index (χ4n) is 1.46. The fourth-order valence-corrected chi connectivity index (χ4v) is 1.77. The Balaban J connectivity index is 0. The summed E-state index contributed by atoms with van der Waals surface area (Å²) < 4.78 is 32.1. The topological polar surface area (TPSA) is 289 Å². The average molecular weight is 441 g/mol. The lowest BCUT2D eigenvalue weighted by Gasteiger charge is -2.24. The van der Waals surface area contributed by atoms with Gasteiger partial charge in [-0.1, -0.05) is 0 Å². The summed E-state index contributed by atoms with van der Waals surface area (Å²) >= 11 is 0. The number of rotatable bonds is 12. The molecule has 0 bridgehead atoms. The summed E-state index contributed by atoms with van der Waals surface area (Å²) in [6.07, 6.45) is -11.8. The monoisotopic (exact) mass is 441 g/mol. The molecule has 0 aliphatic carbocycles. The molecule has 0 unspecified atom stereocenters. The Morgan fingerprint density at radius 3 is 1.46 bits per heavy atom. The average Bonchev–Trinajstić information content (AvgIpc) is 2.67. The first-order valence-corrected chi connectivity index (χ1v) is 8.90. The van der Waals surface area contributed by atoms with Gasteiger partial charge in [-0.05, 0) is 0 Å². The van der Waals surface area contributed by atoms with Crippen molar-refractivity contribution in [3.05, 3.63) is 0 Å². The van der Waals surface area contributed by atoms with E-state index in [1.165, 1.54) is 0 Å². The van der Waals surface area contributed by atoms with Crippen molar-refractivity contribution >= 4 is 16.7 Å². The molecule has 0 fully saturated rings. The molecule has 170 valence electrons. The summed E-state index contributed by atoms with van der Waals surface area (Å²) in [5.41, 5.74) is 5.04. The summed E-state index contributed by atoms with van der Waals surface area (Å²) in [7, 11) is -4.77. The first kappa shape index (κ1) is 29.3. The molecule has 0 heterocycles. The van der Waals surface area contributed by atoms with E-state index in [0.29, 0.717) is 0 Å². The van der Waals surface area contributed by atoms with E-state index in [-0.39, 0.29) is 6.29 Å². The second kappa shape index (κ2) is 14.2. The SMILES string of the molecule is N[C@@H](C=O)[C@@H](O)[C@H](O)[C@H](O)CO.O=S(=O)(O)OC[C@@H](O)[C@@H](O)[C@H](O)[C@H](O)CO. The predicted molar refractivity (Wildman–Crippen MR) is 87.8 cm³/mol. The number of aldehydes is 1. The van der Waals surface area contributed by atoms with Crippen molar-refractivity contribution in [2.75, 3.05) is 19.8 Å². The minimum absolute atomic E-state index is 0.248. The van der Waals surface area contributed by atoms with Gasteiger partial charge >= 0.3 is 10.4 Å². The second-order valence-electron chi connectivity index (χ2n) is 5.46. The van der Waals surface area contributed by atoms with E-state index >= 15 is 0 Å². The number of hydrogen-bond donors (Lipinski definition) is 11. The maximum absolute atomic E-state index is 10.1. The van der Waals surface area contributed by atoms with Gasteiger partial charge in [0.1, 0.15) is 49.0 Å². The normalized spacial score (nSPS) is 20.5. The van der Waals surface area contributed by atoms with E-state index in [1.807, 2.05) is 0 Å². The zero-order valence-corrected chi connectivity index (χ0v) is 15.2. The van der Waals surface area contributed by atoms with Crippen LogP contribution in [0, 0.1) is 0 Å². The van der Waals surface area contributed by atoms with Crippen molar-refractivity contribution < 1.29 is 67.9 Å². The quantitative estimate of drug-likeness (QED) is 0.0990. The maximum atomic E-state index is 10.1. The first-order chi connectivity index (χ1) is 12.7. The molecule has 0 aromatic rings. The Morgan fingerprint density at radius 2 is 1.14 bits per heavy atom. The highest BCUT2D eigenvalue weighted by Crippen LogP contribution is 2.06. The van der Waals surface area contributed by atoms with Crippen molar-refractivity contribution in [1.29, 1.82) is 0 Å². The highest BCUT2D eigenvalue weighted by atomic mass is 32.3. The second-order valence-corrected chi connectivity index (χ2v) is 6.55. The molecule has 0 aliphatic heterocycles. The number of aliphatic hydroxyl groups excluding tert-OH is 9. The van der Waals surface area contributed by atoms with Crippen LogP contribution in [0.25, 0.3) is 0 Å². The van der Waals surface area contributed by atoms with Gasteiger partial charge in [-0.3, -0.25) is 4.55 Å². The lowest BCUT2D eigenvalue weighted by atomic mass is 10.0. The van der Waals surface area contributed by atoms with Crippen molar-refractivity contribution in [3.63, 3.8) is 0 Å². The molecule has 0 saturated heterocycles. The van der Waals surface area contributed by atoms with Gasteiger partial charge in [0.25, 0.3) is 0 Å². The lowest BCUT2D eigenvalue weighted by molar-refractivity contribution is -0.121. The van der Waals surface area contributed by atoms with Gasteiger partial charge in [-0.15, -0.1) is 0 Å². The van der Waals surface area contributed by atoms with Crippen LogP contribution in [0.5, 0.6) is 0 Å². The van der Waals surface area contributed by atoms with Crippen LogP contribution in [0.15, 0.2) is 0 Å². The molecule has 0 amide bonds. The van der Waals surface area contributed by atoms with E-state index < -0.39 is 79.0 Å². The fraction of sp³-hybridized carbons (Fsp3) is 0.917. The van der Waals surface area contributed by atoms with E-state index in [2.05, 4.69) is 4.18 Å². The number of aliphatic hydroxyl groups is 9. The summed E-state index contributed by atoms with van der Waals surface area (Å²) in [5.74, 6) is 0. The molecule has 0 rings (SSSR count). The van der Waals surface area contributed by atoms with Gasteiger partial charge in [-0.2, -0.15) is 8.42 Å². The Bertz CT molecular complexity index is 518. The Hall–Kier alpha value is -0.860. The van der Waals surface area contributed by atoms with Gasteiger partial charge in [0.05, 0.1) is 25.9 Å². The molecule has 15 nitrogen and oxygen atoms in total. The van der Waals surface area contributed by atoms with Gasteiger partial charge in [0.15, 0.2) is 0 Å². The molecule has 8 atom stereocenters. The van der Waals surface area contributed by atoms with Crippen molar-refractivity contribution in [2.24, 2.45) is 5.73 Å². The standard InChI is InChI=1S/C6H13NO5.C6H14O9S/c7-3(1-8)5(11)6(12)4(10)2-9;7-1-3(8)5(10)6(11)4(9)2-15-16(12,13)14/h1,3-6,9-12H,2,7H2;3-11H,1-2H2,(H,12,13,14)/t3-,4+,5+,6+;3-,4-,5-,6-/m01/s1. The van der Waals surface area contributed by atoms with Gasteiger partial charge in [-0.25, -0.2) is 4.18 Å². The smallest absolute Gasteiger partial charge is 0.394 e.